The van der Waals surface area contributed by atoms with Gasteiger partial charge in [-0.2, -0.15) is 0 Å². The Kier molecular flexibility index (Phi) is 3.48. The molecule has 0 aliphatic carbocycles. The molecular formula is C10H17NO2. The summed E-state index contributed by atoms with van der Waals surface area (Å²) < 4.78 is 0. The summed E-state index contributed by atoms with van der Waals surface area (Å²) in [4.78, 5) is 12.9. The van der Waals surface area contributed by atoms with Gasteiger partial charge in [-0.05, 0) is 19.8 Å². The van der Waals surface area contributed by atoms with Crippen LogP contribution in [0.1, 0.15) is 26.7 Å². The first-order chi connectivity index (χ1) is 6.15. The third-order valence-corrected chi connectivity index (χ3v) is 2.47. The first kappa shape index (κ1) is 10.3. The summed E-state index contributed by atoms with van der Waals surface area (Å²) in [5.74, 6) is -0.697. The second-order valence-corrected chi connectivity index (χ2v) is 3.57. The molecule has 1 aliphatic heterocycles. The van der Waals surface area contributed by atoms with E-state index in [0.29, 0.717) is 6.42 Å². The first-order valence-electron chi connectivity index (χ1n) is 4.77. The van der Waals surface area contributed by atoms with Crippen molar-refractivity contribution in [1.29, 1.82) is 0 Å². The molecule has 0 fully saturated rings. The number of rotatable bonds is 3. The third-order valence-electron chi connectivity index (χ3n) is 2.47. The van der Waals surface area contributed by atoms with E-state index < -0.39 is 5.97 Å². The monoisotopic (exact) mass is 183 g/mol. The van der Waals surface area contributed by atoms with Gasteiger partial charge in [0.1, 0.15) is 6.04 Å². The summed E-state index contributed by atoms with van der Waals surface area (Å²) in [6.07, 6.45) is 3.85. The van der Waals surface area contributed by atoms with Crippen molar-refractivity contribution in [1.82, 2.24) is 4.90 Å². The van der Waals surface area contributed by atoms with Gasteiger partial charge < -0.3 is 5.11 Å². The molecule has 1 heterocycles. The summed E-state index contributed by atoms with van der Waals surface area (Å²) in [7, 11) is 0. The van der Waals surface area contributed by atoms with E-state index in [-0.39, 0.29) is 6.04 Å². The maximum absolute atomic E-state index is 10.9. The van der Waals surface area contributed by atoms with Crippen molar-refractivity contribution >= 4 is 5.97 Å². The van der Waals surface area contributed by atoms with Crippen LogP contribution in [0.4, 0.5) is 0 Å². The zero-order chi connectivity index (χ0) is 9.84. The molecule has 3 nitrogen and oxygen atoms in total. The lowest BCUT2D eigenvalue weighted by atomic mass is 10.1. The lowest BCUT2D eigenvalue weighted by Crippen LogP contribution is -2.43. The van der Waals surface area contributed by atoms with Gasteiger partial charge in [0, 0.05) is 13.1 Å². The minimum absolute atomic E-state index is 0.302. The van der Waals surface area contributed by atoms with Gasteiger partial charge in [-0.3, -0.25) is 9.69 Å². The van der Waals surface area contributed by atoms with Gasteiger partial charge in [-0.1, -0.05) is 18.6 Å². The maximum atomic E-state index is 10.9. The van der Waals surface area contributed by atoms with Gasteiger partial charge in [0.2, 0.25) is 0 Å². The van der Waals surface area contributed by atoms with Gasteiger partial charge in [0.15, 0.2) is 0 Å². The predicted octanol–water partition coefficient (Wildman–Crippen LogP) is 1.50. The Hall–Kier alpha value is -0.830. The van der Waals surface area contributed by atoms with Crippen LogP contribution in [-0.4, -0.2) is 35.1 Å². The highest BCUT2D eigenvalue weighted by Gasteiger charge is 2.24. The van der Waals surface area contributed by atoms with Crippen molar-refractivity contribution < 1.29 is 9.90 Å². The highest BCUT2D eigenvalue weighted by molar-refractivity contribution is 5.73. The Morgan fingerprint density at radius 2 is 2.46 bits per heavy atom. The lowest BCUT2D eigenvalue weighted by Gasteiger charge is -2.30. The predicted molar refractivity (Wildman–Crippen MR) is 51.7 cm³/mol. The van der Waals surface area contributed by atoms with Gasteiger partial charge in [-0.25, -0.2) is 0 Å². The summed E-state index contributed by atoms with van der Waals surface area (Å²) in [6, 6.07) is -0.302. The summed E-state index contributed by atoms with van der Waals surface area (Å²) in [5.41, 5.74) is 1.28. The standard InChI is InChI=1S/C10H17NO2/c1-3-9(10(12)13)11-6-4-5-8(2)7-11/h5,9H,3-4,6-7H2,1-2H3,(H,12,13). The van der Waals surface area contributed by atoms with Crippen molar-refractivity contribution in [3.8, 4) is 0 Å². The normalized spacial score (nSPS) is 20.9. The molecule has 1 unspecified atom stereocenters. The number of hydrogen-bond donors (Lipinski definition) is 1. The Morgan fingerprint density at radius 1 is 1.77 bits per heavy atom. The second-order valence-electron chi connectivity index (χ2n) is 3.57. The van der Waals surface area contributed by atoms with Crippen LogP contribution < -0.4 is 0 Å². The van der Waals surface area contributed by atoms with Crippen molar-refractivity contribution in [2.45, 2.75) is 32.7 Å². The van der Waals surface area contributed by atoms with Crippen LogP contribution in [0.5, 0.6) is 0 Å². The number of nitrogens with zero attached hydrogens (tertiary/aromatic N) is 1. The van der Waals surface area contributed by atoms with Crippen LogP contribution in [0.3, 0.4) is 0 Å². The molecule has 1 atom stereocenters. The molecule has 1 N–H and O–H groups in total. The SMILES string of the molecule is CCC(C(=O)O)N1CCC=C(C)C1. The largest absolute Gasteiger partial charge is 0.480 e. The fraction of sp³-hybridized carbons (Fsp3) is 0.700. The molecule has 3 heteroatoms. The molecule has 0 spiro atoms. The molecule has 13 heavy (non-hydrogen) atoms. The molecule has 0 saturated carbocycles. The first-order valence-corrected chi connectivity index (χ1v) is 4.77. The van der Waals surface area contributed by atoms with Crippen molar-refractivity contribution in [3.63, 3.8) is 0 Å². The van der Waals surface area contributed by atoms with E-state index >= 15 is 0 Å². The Bertz CT molecular complexity index is 223. The van der Waals surface area contributed by atoms with Crippen LogP contribution in [0, 0.1) is 0 Å². The van der Waals surface area contributed by atoms with Crippen LogP contribution in [-0.2, 0) is 4.79 Å². The highest BCUT2D eigenvalue weighted by atomic mass is 16.4. The van der Waals surface area contributed by atoms with Crippen molar-refractivity contribution in [2.75, 3.05) is 13.1 Å². The molecule has 1 aliphatic rings. The number of aliphatic carboxylic acids is 1. The molecule has 0 aromatic rings. The van der Waals surface area contributed by atoms with E-state index in [4.69, 9.17) is 5.11 Å². The molecular weight excluding hydrogens is 166 g/mol. The van der Waals surface area contributed by atoms with E-state index in [0.717, 1.165) is 19.5 Å². The molecule has 0 aromatic heterocycles. The third kappa shape index (κ3) is 2.56. The quantitative estimate of drug-likeness (QED) is 0.674. The summed E-state index contributed by atoms with van der Waals surface area (Å²) in [6.45, 7) is 5.67. The maximum Gasteiger partial charge on any atom is 0.320 e. The van der Waals surface area contributed by atoms with Gasteiger partial charge in [-0.15, -0.1) is 0 Å². The Morgan fingerprint density at radius 3 is 2.92 bits per heavy atom. The molecule has 74 valence electrons. The van der Waals surface area contributed by atoms with Crippen LogP contribution >= 0.6 is 0 Å². The van der Waals surface area contributed by atoms with E-state index in [9.17, 15) is 4.79 Å². The average molecular weight is 183 g/mol. The molecule has 0 radical (unpaired) electrons. The highest BCUT2D eigenvalue weighted by Crippen LogP contribution is 2.14. The van der Waals surface area contributed by atoms with Gasteiger partial charge in [0.05, 0.1) is 0 Å². The van der Waals surface area contributed by atoms with E-state index in [1.165, 1.54) is 5.57 Å². The van der Waals surface area contributed by atoms with Crippen molar-refractivity contribution in [2.24, 2.45) is 0 Å². The molecule has 0 bridgehead atoms. The van der Waals surface area contributed by atoms with E-state index in [2.05, 4.69) is 13.0 Å². The van der Waals surface area contributed by atoms with Crippen LogP contribution in [0.15, 0.2) is 11.6 Å². The fourth-order valence-corrected chi connectivity index (χ4v) is 1.80. The van der Waals surface area contributed by atoms with E-state index in [1.807, 2.05) is 11.8 Å². The lowest BCUT2D eigenvalue weighted by molar-refractivity contribution is -0.143. The Labute approximate surface area is 79.0 Å². The minimum atomic E-state index is -0.697. The smallest absolute Gasteiger partial charge is 0.320 e. The molecule has 0 saturated heterocycles. The Balaban J connectivity index is 2.60. The average Bonchev–Trinajstić information content (AvgIpc) is 2.04. The van der Waals surface area contributed by atoms with E-state index in [1.54, 1.807) is 0 Å². The van der Waals surface area contributed by atoms with Crippen LogP contribution in [0.25, 0.3) is 0 Å². The van der Waals surface area contributed by atoms with Crippen LogP contribution in [0.2, 0.25) is 0 Å². The topological polar surface area (TPSA) is 40.5 Å². The summed E-state index contributed by atoms with van der Waals surface area (Å²) >= 11 is 0. The molecule has 0 amide bonds. The number of carbonyl (C=O) groups is 1. The van der Waals surface area contributed by atoms with Gasteiger partial charge >= 0.3 is 5.97 Å². The minimum Gasteiger partial charge on any atom is -0.480 e. The number of hydrogen-bond acceptors (Lipinski definition) is 2. The second kappa shape index (κ2) is 4.42. The van der Waals surface area contributed by atoms with Gasteiger partial charge in [0.25, 0.3) is 0 Å². The zero-order valence-electron chi connectivity index (χ0n) is 8.29. The molecule has 0 aromatic carbocycles. The van der Waals surface area contributed by atoms with Crippen molar-refractivity contribution in [3.05, 3.63) is 11.6 Å². The summed E-state index contributed by atoms with van der Waals surface area (Å²) in [5, 5.41) is 8.95. The zero-order valence-corrected chi connectivity index (χ0v) is 8.29. The fourth-order valence-electron chi connectivity index (χ4n) is 1.80. The number of carboxylic acid groups (broad SMARTS) is 1. The molecule has 1 rings (SSSR count). The number of carboxylic acids is 1.